The van der Waals surface area contributed by atoms with E-state index in [0.717, 1.165) is 11.1 Å². The molecule has 4 heteroatoms. The van der Waals surface area contributed by atoms with E-state index in [-0.39, 0.29) is 18.3 Å². The smallest absolute Gasteiger partial charge is 0.307 e. The average Bonchev–Trinajstić information content (AvgIpc) is 2.60. The summed E-state index contributed by atoms with van der Waals surface area (Å²) >= 11 is 0. The Morgan fingerprint density at radius 3 is 2.04 bits per heavy atom. The van der Waals surface area contributed by atoms with E-state index in [1.54, 1.807) is 4.90 Å². The van der Waals surface area contributed by atoms with Crippen LogP contribution in [0, 0.1) is 0 Å². The summed E-state index contributed by atoms with van der Waals surface area (Å²) in [6, 6.07) is 19.4. The first-order chi connectivity index (χ1) is 11.2. The van der Waals surface area contributed by atoms with Crippen LogP contribution in [0.15, 0.2) is 60.7 Å². The summed E-state index contributed by atoms with van der Waals surface area (Å²) in [6.45, 7) is 0.844. The second-order valence-electron chi connectivity index (χ2n) is 5.29. The Labute approximate surface area is 136 Å². The minimum atomic E-state index is -0.310. The summed E-state index contributed by atoms with van der Waals surface area (Å²) in [5.74, 6) is -0.306. The molecule has 0 aliphatic carbocycles. The van der Waals surface area contributed by atoms with Crippen molar-refractivity contribution in [2.24, 2.45) is 0 Å². The van der Waals surface area contributed by atoms with Gasteiger partial charge in [-0.3, -0.25) is 9.59 Å². The number of benzene rings is 2. The Balaban J connectivity index is 2.05. The second kappa shape index (κ2) is 8.73. The molecule has 0 saturated carbocycles. The summed E-state index contributed by atoms with van der Waals surface area (Å²) in [5, 5.41) is 0. The zero-order valence-electron chi connectivity index (χ0n) is 13.3. The van der Waals surface area contributed by atoms with Crippen LogP contribution in [0.3, 0.4) is 0 Å². The van der Waals surface area contributed by atoms with E-state index in [4.69, 9.17) is 0 Å². The molecule has 2 rings (SSSR count). The predicted molar refractivity (Wildman–Crippen MR) is 88.6 cm³/mol. The molecule has 0 aromatic heterocycles. The van der Waals surface area contributed by atoms with Crippen LogP contribution in [0.1, 0.15) is 17.5 Å². The van der Waals surface area contributed by atoms with Crippen molar-refractivity contribution >= 4 is 11.9 Å². The topological polar surface area (TPSA) is 46.6 Å². The van der Waals surface area contributed by atoms with Gasteiger partial charge in [0.1, 0.15) is 0 Å². The summed E-state index contributed by atoms with van der Waals surface area (Å²) in [6.07, 6.45) is 0.526. The maximum absolute atomic E-state index is 12.6. The SMILES string of the molecule is COC(=O)CCN(Cc1ccccc1)C(=O)Cc1ccccc1. The van der Waals surface area contributed by atoms with E-state index in [0.29, 0.717) is 19.5 Å². The summed E-state index contributed by atoms with van der Waals surface area (Å²) in [4.78, 5) is 25.7. The fourth-order valence-corrected chi connectivity index (χ4v) is 2.31. The van der Waals surface area contributed by atoms with Crippen LogP contribution < -0.4 is 0 Å². The van der Waals surface area contributed by atoms with Crippen molar-refractivity contribution in [2.75, 3.05) is 13.7 Å². The number of esters is 1. The Morgan fingerprint density at radius 1 is 0.913 bits per heavy atom. The molecule has 2 aromatic rings. The zero-order valence-corrected chi connectivity index (χ0v) is 13.3. The third-order valence-electron chi connectivity index (χ3n) is 3.58. The first kappa shape index (κ1) is 16.7. The van der Waals surface area contributed by atoms with Crippen molar-refractivity contribution in [3.63, 3.8) is 0 Å². The van der Waals surface area contributed by atoms with Gasteiger partial charge in [-0.15, -0.1) is 0 Å². The highest BCUT2D eigenvalue weighted by atomic mass is 16.5. The van der Waals surface area contributed by atoms with Crippen LogP contribution in [0.25, 0.3) is 0 Å². The van der Waals surface area contributed by atoms with Crippen LogP contribution in [0.5, 0.6) is 0 Å². The maximum Gasteiger partial charge on any atom is 0.307 e. The molecule has 0 unspecified atom stereocenters. The molecule has 4 nitrogen and oxygen atoms in total. The van der Waals surface area contributed by atoms with Gasteiger partial charge in [-0.2, -0.15) is 0 Å². The molecular formula is C19H21NO3. The first-order valence-corrected chi connectivity index (χ1v) is 7.61. The lowest BCUT2D eigenvalue weighted by Crippen LogP contribution is -2.34. The molecule has 0 fully saturated rings. The number of hydrogen-bond acceptors (Lipinski definition) is 3. The minimum Gasteiger partial charge on any atom is -0.469 e. The van der Waals surface area contributed by atoms with Crippen molar-refractivity contribution in [3.05, 3.63) is 71.8 Å². The molecule has 0 atom stereocenters. The van der Waals surface area contributed by atoms with E-state index in [1.165, 1.54) is 7.11 Å². The summed E-state index contributed by atoms with van der Waals surface area (Å²) in [7, 11) is 1.36. The minimum absolute atomic E-state index is 0.00366. The number of methoxy groups -OCH3 is 1. The molecule has 2 aromatic carbocycles. The summed E-state index contributed by atoms with van der Waals surface area (Å²) < 4.78 is 4.67. The molecule has 1 amide bonds. The van der Waals surface area contributed by atoms with Gasteiger partial charge in [0, 0.05) is 13.1 Å². The lowest BCUT2D eigenvalue weighted by molar-refractivity contribution is -0.141. The molecule has 0 heterocycles. The third kappa shape index (κ3) is 5.58. The fraction of sp³-hybridized carbons (Fsp3) is 0.263. The van der Waals surface area contributed by atoms with Crippen LogP contribution in [-0.4, -0.2) is 30.4 Å². The van der Waals surface area contributed by atoms with E-state index in [9.17, 15) is 9.59 Å². The number of ether oxygens (including phenoxy) is 1. The standard InChI is InChI=1S/C19H21NO3/c1-23-19(22)12-13-20(15-17-10-6-3-7-11-17)18(21)14-16-8-4-2-5-9-16/h2-11H,12-15H2,1H3. The number of carbonyl (C=O) groups excluding carboxylic acids is 2. The number of carbonyl (C=O) groups is 2. The van der Waals surface area contributed by atoms with E-state index < -0.39 is 0 Å². The molecule has 0 bridgehead atoms. The third-order valence-corrected chi connectivity index (χ3v) is 3.58. The Bertz CT molecular complexity index is 626. The van der Waals surface area contributed by atoms with Crippen LogP contribution >= 0.6 is 0 Å². The zero-order chi connectivity index (χ0) is 16.5. The Hall–Kier alpha value is -2.62. The largest absolute Gasteiger partial charge is 0.469 e. The van der Waals surface area contributed by atoms with Gasteiger partial charge in [-0.1, -0.05) is 60.7 Å². The number of amides is 1. The van der Waals surface area contributed by atoms with Crippen LogP contribution in [-0.2, 0) is 27.3 Å². The van der Waals surface area contributed by atoms with Crippen molar-refractivity contribution in [1.29, 1.82) is 0 Å². The van der Waals surface area contributed by atoms with Gasteiger partial charge < -0.3 is 9.64 Å². The number of hydrogen-bond donors (Lipinski definition) is 0. The van der Waals surface area contributed by atoms with Crippen LogP contribution in [0.4, 0.5) is 0 Å². The molecule has 120 valence electrons. The van der Waals surface area contributed by atoms with Crippen LogP contribution in [0.2, 0.25) is 0 Å². The normalized spacial score (nSPS) is 10.1. The van der Waals surface area contributed by atoms with E-state index in [2.05, 4.69) is 4.74 Å². The second-order valence-corrected chi connectivity index (χ2v) is 5.29. The lowest BCUT2D eigenvalue weighted by atomic mass is 10.1. The maximum atomic E-state index is 12.6. The highest BCUT2D eigenvalue weighted by Crippen LogP contribution is 2.09. The fourth-order valence-electron chi connectivity index (χ4n) is 2.31. The summed E-state index contributed by atoms with van der Waals surface area (Å²) in [5.41, 5.74) is 2.01. The average molecular weight is 311 g/mol. The molecule has 23 heavy (non-hydrogen) atoms. The van der Waals surface area contributed by atoms with E-state index in [1.807, 2.05) is 60.7 Å². The van der Waals surface area contributed by atoms with Crippen molar-refractivity contribution in [2.45, 2.75) is 19.4 Å². The molecule has 0 spiro atoms. The van der Waals surface area contributed by atoms with E-state index >= 15 is 0 Å². The first-order valence-electron chi connectivity index (χ1n) is 7.61. The highest BCUT2D eigenvalue weighted by Gasteiger charge is 2.16. The van der Waals surface area contributed by atoms with Crippen molar-refractivity contribution in [1.82, 2.24) is 4.90 Å². The highest BCUT2D eigenvalue weighted by molar-refractivity contribution is 5.79. The lowest BCUT2D eigenvalue weighted by Gasteiger charge is -2.22. The van der Waals surface area contributed by atoms with Crippen molar-refractivity contribution in [3.8, 4) is 0 Å². The quantitative estimate of drug-likeness (QED) is 0.739. The predicted octanol–water partition coefficient (Wildman–Crippen LogP) is 2.82. The van der Waals surface area contributed by atoms with Gasteiger partial charge >= 0.3 is 5.97 Å². The van der Waals surface area contributed by atoms with Gasteiger partial charge in [0.05, 0.1) is 20.0 Å². The van der Waals surface area contributed by atoms with Gasteiger partial charge in [0.2, 0.25) is 5.91 Å². The van der Waals surface area contributed by atoms with Crippen molar-refractivity contribution < 1.29 is 14.3 Å². The molecule has 0 aliphatic rings. The van der Waals surface area contributed by atoms with Gasteiger partial charge in [0.15, 0.2) is 0 Å². The van der Waals surface area contributed by atoms with Gasteiger partial charge in [0.25, 0.3) is 0 Å². The van der Waals surface area contributed by atoms with Gasteiger partial charge in [-0.05, 0) is 11.1 Å². The molecular weight excluding hydrogens is 290 g/mol. The Morgan fingerprint density at radius 2 is 1.48 bits per heavy atom. The van der Waals surface area contributed by atoms with Gasteiger partial charge in [-0.25, -0.2) is 0 Å². The number of rotatable bonds is 7. The molecule has 0 saturated heterocycles. The molecule has 0 radical (unpaired) electrons. The Kier molecular flexibility index (Phi) is 6.36. The molecule has 0 N–H and O–H groups in total. The molecule has 0 aliphatic heterocycles. The number of nitrogens with zero attached hydrogens (tertiary/aromatic N) is 1. The monoisotopic (exact) mass is 311 g/mol.